The van der Waals surface area contributed by atoms with E-state index >= 15 is 0 Å². The number of aliphatic hydroxyl groups excluding tert-OH is 1. The Bertz CT molecular complexity index is 256. The van der Waals surface area contributed by atoms with Gasteiger partial charge in [0.2, 0.25) is 0 Å². The van der Waals surface area contributed by atoms with Crippen molar-refractivity contribution in [3.8, 4) is 0 Å². The maximum absolute atomic E-state index is 9.27. The Balaban J connectivity index is 2.68. The molecule has 0 aliphatic heterocycles. The third-order valence-electron chi connectivity index (χ3n) is 2.02. The topological polar surface area (TPSA) is 23.5 Å². The van der Waals surface area contributed by atoms with Gasteiger partial charge in [0.25, 0.3) is 0 Å². The molecular weight excluding hydrogens is 174 g/mol. The molecule has 0 aromatic heterocycles. The molecule has 1 aromatic rings. The minimum atomic E-state index is -0.260. The summed E-state index contributed by atoms with van der Waals surface area (Å²) in [5, 5.41) is 9.27. The minimum absolute atomic E-state index is 0.260. The van der Waals surface area contributed by atoms with Crippen molar-refractivity contribution >= 4 is 0 Å². The zero-order chi connectivity index (χ0) is 10.6. The predicted molar refractivity (Wildman–Crippen MR) is 59.2 cm³/mol. The molecule has 0 fully saturated rings. The Morgan fingerprint density at radius 3 is 2.50 bits per heavy atom. The van der Waals surface area contributed by atoms with Crippen molar-refractivity contribution in [2.45, 2.75) is 26.0 Å². The smallest absolute Gasteiger partial charge is 0.0552 e. The van der Waals surface area contributed by atoms with E-state index in [1.54, 1.807) is 0 Å². The fourth-order valence-corrected chi connectivity index (χ4v) is 1.56. The first-order valence-corrected chi connectivity index (χ1v) is 4.98. The van der Waals surface area contributed by atoms with E-state index in [9.17, 15) is 5.11 Å². The van der Waals surface area contributed by atoms with Crippen molar-refractivity contribution in [3.05, 3.63) is 35.4 Å². The normalized spacial score (nSPS) is 13.2. The lowest BCUT2D eigenvalue weighted by atomic mass is 10.1. The van der Waals surface area contributed by atoms with E-state index < -0.39 is 0 Å². The van der Waals surface area contributed by atoms with Crippen LogP contribution in [0.25, 0.3) is 0 Å². The van der Waals surface area contributed by atoms with Crippen LogP contribution in [0.1, 0.15) is 18.1 Å². The van der Waals surface area contributed by atoms with Crippen molar-refractivity contribution in [1.29, 1.82) is 0 Å². The van der Waals surface area contributed by atoms with Crippen molar-refractivity contribution in [1.82, 2.24) is 4.90 Å². The summed E-state index contributed by atoms with van der Waals surface area (Å²) in [6, 6.07) is 8.39. The standard InChI is InChI=1S/C12H19NO/c1-10(14)7-11-5-4-6-12(8-11)9-13(2)3/h4-6,8,10,14H,7,9H2,1-3H3/t10-/m1/s1. The molecule has 1 atom stereocenters. The van der Waals surface area contributed by atoms with Gasteiger partial charge in [-0.3, -0.25) is 0 Å². The minimum Gasteiger partial charge on any atom is -0.393 e. The lowest BCUT2D eigenvalue weighted by Crippen LogP contribution is -2.11. The summed E-state index contributed by atoms with van der Waals surface area (Å²) >= 11 is 0. The third kappa shape index (κ3) is 3.90. The second-order valence-corrected chi connectivity index (χ2v) is 4.11. The maximum Gasteiger partial charge on any atom is 0.0552 e. The zero-order valence-corrected chi connectivity index (χ0v) is 9.20. The summed E-state index contributed by atoms with van der Waals surface area (Å²) < 4.78 is 0. The van der Waals surface area contributed by atoms with Gasteiger partial charge in [0.05, 0.1) is 6.10 Å². The van der Waals surface area contributed by atoms with Gasteiger partial charge in [-0.2, -0.15) is 0 Å². The number of hydrogen-bond acceptors (Lipinski definition) is 2. The lowest BCUT2D eigenvalue weighted by Gasteiger charge is -2.11. The van der Waals surface area contributed by atoms with Gasteiger partial charge in [-0.05, 0) is 38.6 Å². The average molecular weight is 193 g/mol. The fraction of sp³-hybridized carbons (Fsp3) is 0.500. The van der Waals surface area contributed by atoms with E-state index in [0.717, 1.165) is 13.0 Å². The first kappa shape index (κ1) is 11.2. The number of hydrogen-bond donors (Lipinski definition) is 1. The molecule has 0 radical (unpaired) electrons. The molecule has 0 saturated carbocycles. The molecule has 0 amide bonds. The Morgan fingerprint density at radius 2 is 1.93 bits per heavy atom. The van der Waals surface area contributed by atoms with Crippen LogP contribution in [-0.2, 0) is 13.0 Å². The first-order valence-electron chi connectivity index (χ1n) is 4.98. The van der Waals surface area contributed by atoms with Crippen molar-refractivity contribution < 1.29 is 5.11 Å². The molecule has 1 aromatic carbocycles. The molecule has 1 rings (SSSR count). The molecule has 0 spiro atoms. The third-order valence-corrected chi connectivity index (χ3v) is 2.02. The molecule has 0 saturated heterocycles. The van der Waals surface area contributed by atoms with Gasteiger partial charge in [0, 0.05) is 6.54 Å². The van der Waals surface area contributed by atoms with Crippen LogP contribution in [0.3, 0.4) is 0 Å². The lowest BCUT2D eigenvalue weighted by molar-refractivity contribution is 0.195. The largest absolute Gasteiger partial charge is 0.393 e. The van der Waals surface area contributed by atoms with E-state index in [4.69, 9.17) is 0 Å². The van der Waals surface area contributed by atoms with Gasteiger partial charge in [0.15, 0.2) is 0 Å². The van der Waals surface area contributed by atoms with Gasteiger partial charge >= 0.3 is 0 Å². The summed E-state index contributed by atoms with van der Waals surface area (Å²) in [7, 11) is 4.11. The van der Waals surface area contributed by atoms with E-state index in [-0.39, 0.29) is 6.10 Å². The highest BCUT2D eigenvalue weighted by Gasteiger charge is 2.00. The molecule has 0 bridgehead atoms. The molecule has 0 heterocycles. The van der Waals surface area contributed by atoms with Crippen LogP contribution in [0.5, 0.6) is 0 Å². The Kier molecular flexibility index (Phi) is 4.11. The number of aliphatic hydroxyl groups is 1. The number of nitrogens with zero attached hydrogens (tertiary/aromatic N) is 1. The monoisotopic (exact) mass is 193 g/mol. The van der Waals surface area contributed by atoms with Crippen molar-refractivity contribution in [2.24, 2.45) is 0 Å². The van der Waals surface area contributed by atoms with E-state index in [2.05, 4.69) is 43.3 Å². The second kappa shape index (κ2) is 5.13. The SMILES string of the molecule is C[C@@H](O)Cc1cccc(CN(C)C)c1. The molecular formula is C12H19NO. The summed E-state index contributed by atoms with van der Waals surface area (Å²) in [4.78, 5) is 2.14. The molecule has 2 heteroatoms. The molecule has 78 valence electrons. The Hall–Kier alpha value is -0.860. The van der Waals surface area contributed by atoms with Crippen molar-refractivity contribution in [2.75, 3.05) is 14.1 Å². The van der Waals surface area contributed by atoms with Crippen LogP contribution in [0.4, 0.5) is 0 Å². The summed E-state index contributed by atoms with van der Waals surface area (Å²) in [6.07, 6.45) is 0.478. The maximum atomic E-state index is 9.27. The Labute approximate surface area is 86.2 Å². The van der Waals surface area contributed by atoms with E-state index in [1.165, 1.54) is 11.1 Å². The zero-order valence-electron chi connectivity index (χ0n) is 9.20. The second-order valence-electron chi connectivity index (χ2n) is 4.11. The fourth-order valence-electron chi connectivity index (χ4n) is 1.56. The molecule has 0 aliphatic rings. The van der Waals surface area contributed by atoms with Gasteiger partial charge in [-0.25, -0.2) is 0 Å². The first-order chi connectivity index (χ1) is 6.58. The quantitative estimate of drug-likeness (QED) is 0.786. The summed E-state index contributed by atoms with van der Waals surface area (Å²) in [5.74, 6) is 0. The van der Waals surface area contributed by atoms with Gasteiger partial charge in [-0.1, -0.05) is 24.3 Å². The van der Waals surface area contributed by atoms with E-state index in [1.807, 2.05) is 6.92 Å². The van der Waals surface area contributed by atoms with Crippen LogP contribution in [0, 0.1) is 0 Å². The molecule has 0 aliphatic carbocycles. The van der Waals surface area contributed by atoms with Gasteiger partial charge in [-0.15, -0.1) is 0 Å². The van der Waals surface area contributed by atoms with Crippen LogP contribution >= 0.6 is 0 Å². The van der Waals surface area contributed by atoms with Crippen LogP contribution in [0.15, 0.2) is 24.3 Å². The Morgan fingerprint density at radius 1 is 1.29 bits per heavy atom. The summed E-state index contributed by atoms with van der Waals surface area (Å²) in [5.41, 5.74) is 2.51. The van der Waals surface area contributed by atoms with E-state index in [0.29, 0.717) is 0 Å². The number of rotatable bonds is 4. The number of benzene rings is 1. The molecule has 1 N–H and O–H groups in total. The highest BCUT2D eigenvalue weighted by atomic mass is 16.3. The van der Waals surface area contributed by atoms with Gasteiger partial charge < -0.3 is 10.0 Å². The van der Waals surface area contributed by atoms with Crippen LogP contribution < -0.4 is 0 Å². The highest BCUT2D eigenvalue weighted by Crippen LogP contribution is 2.09. The molecule has 14 heavy (non-hydrogen) atoms. The van der Waals surface area contributed by atoms with Gasteiger partial charge in [0.1, 0.15) is 0 Å². The highest BCUT2D eigenvalue weighted by molar-refractivity contribution is 5.23. The van der Waals surface area contributed by atoms with Crippen LogP contribution in [0.2, 0.25) is 0 Å². The van der Waals surface area contributed by atoms with Crippen molar-refractivity contribution in [3.63, 3.8) is 0 Å². The molecule has 0 unspecified atom stereocenters. The predicted octanol–water partition coefficient (Wildman–Crippen LogP) is 1.67. The molecule has 2 nitrogen and oxygen atoms in total. The van der Waals surface area contributed by atoms with Crippen LogP contribution in [-0.4, -0.2) is 30.2 Å². The average Bonchev–Trinajstić information content (AvgIpc) is 2.01. The summed E-state index contributed by atoms with van der Waals surface area (Å²) in [6.45, 7) is 2.77.